The van der Waals surface area contributed by atoms with Gasteiger partial charge in [-0.25, -0.2) is 0 Å². The maximum atomic E-state index is 5.74. The molecular formula is C7H7ClOS. The van der Waals surface area contributed by atoms with E-state index in [0.29, 0.717) is 16.7 Å². The normalized spacial score (nSPS) is 9.40. The molecule has 0 atom stereocenters. The van der Waals surface area contributed by atoms with Crippen LogP contribution in [0.3, 0.4) is 0 Å². The Balaban J connectivity index is 2.81. The van der Waals surface area contributed by atoms with Crippen molar-refractivity contribution in [2.75, 3.05) is 5.94 Å². The fourth-order valence-corrected chi connectivity index (χ4v) is 0.961. The van der Waals surface area contributed by atoms with Crippen molar-refractivity contribution in [2.24, 2.45) is 0 Å². The number of ether oxygens (including phenoxy) is 1. The molecule has 0 radical (unpaired) electrons. The van der Waals surface area contributed by atoms with Gasteiger partial charge in [0.1, 0.15) is 11.7 Å². The first-order valence-electron chi connectivity index (χ1n) is 2.83. The van der Waals surface area contributed by atoms with Gasteiger partial charge in [-0.3, -0.25) is 0 Å². The van der Waals surface area contributed by atoms with Crippen LogP contribution in [0.2, 0.25) is 5.02 Å². The van der Waals surface area contributed by atoms with Gasteiger partial charge in [0, 0.05) is 0 Å². The first kappa shape index (κ1) is 7.76. The van der Waals surface area contributed by atoms with Crippen molar-refractivity contribution in [1.82, 2.24) is 0 Å². The summed E-state index contributed by atoms with van der Waals surface area (Å²) in [4.78, 5) is 0. The van der Waals surface area contributed by atoms with Crippen molar-refractivity contribution in [3.63, 3.8) is 0 Å². The molecule has 1 nitrogen and oxygen atoms in total. The van der Waals surface area contributed by atoms with Crippen LogP contribution in [0.1, 0.15) is 0 Å². The molecule has 54 valence electrons. The molecule has 0 heterocycles. The van der Waals surface area contributed by atoms with Crippen LogP contribution in [0.15, 0.2) is 24.3 Å². The summed E-state index contributed by atoms with van der Waals surface area (Å²) in [7, 11) is 0. The summed E-state index contributed by atoms with van der Waals surface area (Å²) in [6.45, 7) is 0. The topological polar surface area (TPSA) is 9.23 Å². The number of thiol groups is 1. The highest BCUT2D eigenvalue weighted by molar-refractivity contribution is 7.80. The molecule has 0 aliphatic carbocycles. The van der Waals surface area contributed by atoms with Crippen molar-refractivity contribution >= 4 is 24.2 Å². The highest BCUT2D eigenvalue weighted by Crippen LogP contribution is 2.22. The van der Waals surface area contributed by atoms with E-state index in [4.69, 9.17) is 16.3 Å². The van der Waals surface area contributed by atoms with Gasteiger partial charge in [-0.1, -0.05) is 23.7 Å². The molecule has 0 amide bonds. The fraction of sp³-hybridized carbons (Fsp3) is 0.143. The van der Waals surface area contributed by atoms with Gasteiger partial charge in [0.2, 0.25) is 0 Å². The van der Waals surface area contributed by atoms with Crippen LogP contribution in [0.25, 0.3) is 0 Å². The number of hydrogen-bond donors (Lipinski definition) is 1. The Morgan fingerprint density at radius 3 is 2.70 bits per heavy atom. The minimum absolute atomic E-state index is 0.351. The minimum atomic E-state index is 0.351. The number of hydrogen-bond acceptors (Lipinski definition) is 2. The predicted octanol–water partition coefficient (Wildman–Crippen LogP) is 2.61. The lowest BCUT2D eigenvalue weighted by atomic mass is 10.3. The highest BCUT2D eigenvalue weighted by atomic mass is 35.5. The van der Waals surface area contributed by atoms with Crippen LogP contribution < -0.4 is 4.74 Å². The summed E-state index contributed by atoms with van der Waals surface area (Å²) in [5.41, 5.74) is 0. The summed E-state index contributed by atoms with van der Waals surface area (Å²) in [5.74, 6) is 1.03. The van der Waals surface area contributed by atoms with Crippen LogP contribution in [-0.2, 0) is 0 Å². The van der Waals surface area contributed by atoms with E-state index in [-0.39, 0.29) is 0 Å². The third-order valence-electron chi connectivity index (χ3n) is 1.06. The lowest BCUT2D eigenvalue weighted by Crippen LogP contribution is -1.88. The molecule has 0 aliphatic rings. The van der Waals surface area contributed by atoms with E-state index in [0.717, 1.165) is 0 Å². The van der Waals surface area contributed by atoms with Crippen molar-refractivity contribution in [3.8, 4) is 5.75 Å². The third kappa shape index (κ3) is 1.82. The molecule has 0 N–H and O–H groups in total. The zero-order chi connectivity index (χ0) is 7.40. The summed E-state index contributed by atoms with van der Waals surface area (Å²) in [6, 6.07) is 7.30. The molecule has 1 rings (SSSR count). The van der Waals surface area contributed by atoms with E-state index in [1.807, 2.05) is 12.1 Å². The van der Waals surface area contributed by atoms with Gasteiger partial charge in [0.25, 0.3) is 0 Å². The van der Waals surface area contributed by atoms with Crippen LogP contribution in [0.4, 0.5) is 0 Å². The maximum Gasteiger partial charge on any atom is 0.139 e. The molecule has 0 saturated heterocycles. The zero-order valence-corrected chi connectivity index (χ0v) is 6.90. The molecule has 0 aliphatic heterocycles. The molecule has 0 spiro atoms. The van der Waals surface area contributed by atoms with E-state index < -0.39 is 0 Å². The van der Waals surface area contributed by atoms with Crippen LogP contribution in [0, 0.1) is 0 Å². The smallest absolute Gasteiger partial charge is 0.139 e. The third-order valence-corrected chi connectivity index (χ3v) is 1.50. The minimum Gasteiger partial charge on any atom is -0.482 e. The molecule has 0 saturated carbocycles. The van der Waals surface area contributed by atoms with Crippen molar-refractivity contribution < 1.29 is 4.74 Å². The van der Waals surface area contributed by atoms with E-state index in [1.165, 1.54) is 0 Å². The van der Waals surface area contributed by atoms with Crippen LogP contribution >= 0.6 is 24.2 Å². The van der Waals surface area contributed by atoms with Gasteiger partial charge in [-0.15, -0.1) is 12.6 Å². The van der Waals surface area contributed by atoms with E-state index >= 15 is 0 Å². The molecule has 1 aromatic rings. The largest absolute Gasteiger partial charge is 0.482 e. The van der Waals surface area contributed by atoms with Crippen LogP contribution in [0.5, 0.6) is 5.75 Å². The zero-order valence-electron chi connectivity index (χ0n) is 5.25. The monoisotopic (exact) mass is 174 g/mol. The van der Waals surface area contributed by atoms with Gasteiger partial charge in [-0.2, -0.15) is 0 Å². The van der Waals surface area contributed by atoms with Gasteiger partial charge in [0.05, 0.1) is 5.02 Å². The second-order valence-corrected chi connectivity index (χ2v) is 2.37. The Hall–Kier alpha value is -0.340. The van der Waals surface area contributed by atoms with E-state index in [2.05, 4.69) is 12.6 Å². The Bertz CT molecular complexity index is 215. The van der Waals surface area contributed by atoms with Crippen molar-refractivity contribution in [1.29, 1.82) is 0 Å². The highest BCUT2D eigenvalue weighted by Gasteiger charge is 1.95. The first-order chi connectivity index (χ1) is 4.84. The fourth-order valence-electron chi connectivity index (χ4n) is 0.631. The van der Waals surface area contributed by atoms with Crippen molar-refractivity contribution in [2.45, 2.75) is 0 Å². The molecule has 0 fully saturated rings. The number of halogens is 1. The quantitative estimate of drug-likeness (QED) is 0.536. The van der Waals surface area contributed by atoms with Crippen molar-refractivity contribution in [3.05, 3.63) is 29.3 Å². The lowest BCUT2D eigenvalue weighted by Gasteiger charge is -2.02. The molecule has 3 heteroatoms. The lowest BCUT2D eigenvalue weighted by molar-refractivity contribution is 0.395. The standard InChI is InChI=1S/C7H7ClOS/c8-6-3-1-2-4-7(6)9-5-10/h1-4,10H,5H2. The Morgan fingerprint density at radius 1 is 1.40 bits per heavy atom. The molecule has 0 unspecified atom stereocenters. The maximum absolute atomic E-state index is 5.74. The second-order valence-electron chi connectivity index (χ2n) is 1.70. The molecule has 10 heavy (non-hydrogen) atoms. The average molecular weight is 175 g/mol. The Morgan fingerprint density at radius 2 is 2.10 bits per heavy atom. The predicted molar refractivity (Wildman–Crippen MR) is 45.9 cm³/mol. The molecule has 0 aromatic heterocycles. The number of benzene rings is 1. The Labute approximate surface area is 70.4 Å². The summed E-state index contributed by atoms with van der Waals surface area (Å²) < 4.78 is 5.07. The van der Waals surface area contributed by atoms with E-state index in [9.17, 15) is 0 Å². The number of para-hydroxylation sites is 1. The average Bonchev–Trinajstić information content (AvgIpc) is 1.94. The number of rotatable bonds is 2. The van der Waals surface area contributed by atoms with Gasteiger partial charge in [0.15, 0.2) is 0 Å². The summed E-state index contributed by atoms with van der Waals surface area (Å²) >= 11 is 9.64. The first-order valence-corrected chi connectivity index (χ1v) is 3.84. The molecular weight excluding hydrogens is 168 g/mol. The van der Waals surface area contributed by atoms with Gasteiger partial charge < -0.3 is 4.74 Å². The molecule has 0 bridgehead atoms. The Kier molecular flexibility index (Phi) is 2.90. The van der Waals surface area contributed by atoms with Gasteiger partial charge >= 0.3 is 0 Å². The van der Waals surface area contributed by atoms with E-state index in [1.54, 1.807) is 12.1 Å². The summed E-state index contributed by atoms with van der Waals surface area (Å²) in [6.07, 6.45) is 0. The van der Waals surface area contributed by atoms with Crippen LogP contribution in [-0.4, -0.2) is 5.94 Å². The summed E-state index contributed by atoms with van der Waals surface area (Å²) in [5, 5.41) is 0.622. The second kappa shape index (κ2) is 3.74. The SMILES string of the molecule is SCOc1ccccc1Cl. The van der Waals surface area contributed by atoms with Gasteiger partial charge in [-0.05, 0) is 12.1 Å². The molecule has 1 aromatic carbocycles.